The molecule has 1 aromatic carbocycles. The number of nitrogens with zero attached hydrogens (tertiary/aromatic N) is 2. The minimum Gasteiger partial charge on any atom is -0.376 e. The van der Waals surface area contributed by atoms with E-state index in [-0.39, 0.29) is 17.8 Å². The van der Waals surface area contributed by atoms with Crippen LogP contribution in [0.25, 0.3) is 5.69 Å². The molecule has 5 nitrogen and oxygen atoms in total. The summed E-state index contributed by atoms with van der Waals surface area (Å²) in [6, 6.07) is 5.99. The van der Waals surface area contributed by atoms with Gasteiger partial charge in [-0.25, -0.2) is 9.07 Å². The molecule has 1 fully saturated rings. The molecule has 1 aliphatic rings. The lowest BCUT2D eigenvalue weighted by atomic mass is 10.2. The van der Waals surface area contributed by atoms with Crippen molar-refractivity contribution in [2.75, 3.05) is 13.2 Å². The van der Waals surface area contributed by atoms with Gasteiger partial charge < -0.3 is 10.1 Å². The van der Waals surface area contributed by atoms with Crippen molar-refractivity contribution < 1.29 is 13.9 Å². The maximum absolute atomic E-state index is 13.0. The predicted molar refractivity (Wildman–Crippen MR) is 79.6 cm³/mol. The Balaban J connectivity index is 1.72. The predicted octanol–water partition coefficient (Wildman–Crippen LogP) is 2.23. The lowest BCUT2D eigenvalue weighted by molar-refractivity contribution is 0.0857. The monoisotopic (exact) mass is 303 g/mol. The first-order chi connectivity index (χ1) is 10.6. The second kappa shape index (κ2) is 6.27. The second-order valence-corrected chi connectivity index (χ2v) is 5.38. The molecular formula is C16H18FN3O2. The number of hydrogen-bond acceptors (Lipinski definition) is 3. The molecule has 2 aromatic rings. The summed E-state index contributed by atoms with van der Waals surface area (Å²) in [6.45, 7) is 3.10. The Morgan fingerprint density at radius 1 is 1.45 bits per heavy atom. The largest absolute Gasteiger partial charge is 0.376 e. The van der Waals surface area contributed by atoms with Crippen LogP contribution in [0, 0.1) is 12.7 Å². The highest BCUT2D eigenvalue weighted by molar-refractivity contribution is 5.95. The van der Waals surface area contributed by atoms with Crippen LogP contribution >= 0.6 is 0 Å². The number of ether oxygens (including phenoxy) is 1. The molecule has 2 heterocycles. The fourth-order valence-electron chi connectivity index (χ4n) is 2.58. The molecule has 1 saturated heterocycles. The molecule has 0 bridgehead atoms. The standard InChI is InChI=1S/C16H18FN3O2/c1-11-15(16(21)18-9-14-3-2-8-22-14)10-19-20(11)13-6-4-12(17)5-7-13/h4-7,10,14H,2-3,8-9H2,1H3,(H,18,21). The van der Waals surface area contributed by atoms with E-state index >= 15 is 0 Å². The van der Waals surface area contributed by atoms with Gasteiger partial charge in [0.1, 0.15) is 5.82 Å². The van der Waals surface area contributed by atoms with Gasteiger partial charge in [-0.3, -0.25) is 4.79 Å². The van der Waals surface area contributed by atoms with Gasteiger partial charge in [-0.05, 0) is 44.0 Å². The third kappa shape index (κ3) is 3.01. The van der Waals surface area contributed by atoms with Gasteiger partial charge in [0, 0.05) is 13.2 Å². The highest BCUT2D eigenvalue weighted by Gasteiger charge is 2.19. The van der Waals surface area contributed by atoms with Crippen LogP contribution in [0.3, 0.4) is 0 Å². The zero-order valence-electron chi connectivity index (χ0n) is 12.4. The third-order valence-corrected chi connectivity index (χ3v) is 3.84. The van der Waals surface area contributed by atoms with Gasteiger partial charge in [-0.15, -0.1) is 0 Å². The number of amides is 1. The van der Waals surface area contributed by atoms with Gasteiger partial charge in [-0.2, -0.15) is 5.10 Å². The van der Waals surface area contributed by atoms with E-state index in [0.717, 1.165) is 30.8 Å². The Hall–Kier alpha value is -2.21. The highest BCUT2D eigenvalue weighted by atomic mass is 19.1. The van der Waals surface area contributed by atoms with Crippen molar-refractivity contribution in [3.8, 4) is 5.69 Å². The lowest BCUT2D eigenvalue weighted by Gasteiger charge is -2.10. The van der Waals surface area contributed by atoms with Crippen LogP contribution in [0.1, 0.15) is 28.9 Å². The molecule has 1 unspecified atom stereocenters. The summed E-state index contributed by atoms with van der Waals surface area (Å²) in [6.07, 6.45) is 3.66. The van der Waals surface area contributed by atoms with E-state index in [0.29, 0.717) is 12.1 Å². The molecule has 1 amide bonds. The lowest BCUT2D eigenvalue weighted by Crippen LogP contribution is -2.32. The first-order valence-corrected chi connectivity index (χ1v) is 7.35. The van der Waals surface area contributed by atoms with E-state index in [1.807, 2.05) is 6.92 Å². The molecule has 22 heavy (non-hydrogen) atoms. The summed E-state index contributed by atoms with van der Waals surface area (Å²) >= 11 is 0. The smallest absolute Gasteiger partial charge is 0.254 e. The molecule has 1 aromatic heterocycles. The normalized spacial score (nSPS) is 17.6. The number of hydrogen-bond donors (Lipinski definition) is 1. The van der Waals surface area contributed by atoms with Crippen LogP contribution in [0.5, 0.6) is 0 Å². The van der Waals surface area contributed by atoms with Gasteiger partial charge in [0.05, 0.1) is 29.2 Å². The summed E-state index contributed by atoms with van der Waals surface area (Å²) in [7, 11) is 0. The number of rotatable bonds is 4. The first kappa shape index (κ1) is 14.7. The Kier molecular flexibility index (Phi) is 4.20. The van der Waals surface area contributed by atoms with Crippen LogP contribution in [-0.2, 0) is 4.74 Å². The van der Waals surface area contributed by atoms with Crippen LogP contribution in [0.15, 0.2) is 30.5 Å². The van der Waals surface area contributed by atoms with Crippen molar-refractivity contribution in [2.24, 2.45) is 0 Å². The highest BCUT2D eigenvalue weighted by Crippen LogP contribution is 2.15. The van der Waals surface area contributed by atoms with E-state index < -0.39 is 0 Å². The van der Waals surface area contributed by atoms with E-state index in [4.69, 9.17) is 4.74 Å². The Labute approximate surface area is 128 Å². The first-order valence-electron chi connectivity index (χ1n) is 7.35. The van der Waals surface area contributed by atoms with Crippen LogP contribution < -0.4 is 5.32 Å². The van der Waals surface area contributed by atoms with Crippen LogP contribution in [0.2, 0.25) is 0 Å². The molecule has 116 valence electrons. The Bertz CT molecular complexity index is 661. The van der Waals surface area contributed by atoms with E-state index in [2.05, 4.69) is 10.4 Å². The minimum atomic E-state index is -0.303. The van der Waals surface area contributed by atoms with Crippen LogP contribution in [-0.4, -0.2) is 34.9 Å². The van der Waals surface area contributed by atoms with E-state index in [9.17, 15) is 9.18 Å². The SMILES string of the molecule is Cc1c(C(=O)NCC2CCCO2)cnn1-c1ccc(F)cc1. The summed E-state index contributed by atoms with van der Waals surface area (Å²) in [5, 5.41) is 7.10. The number of halogens is 1. The Morgan fingerprint density at radius 3 is 2.91 bits per heavy atom. The van der Waals surface area contributed by atoms with Crippen molar-refractivity contribution in [3.05, 3.63) is 47.5 Å². The zero-order valence-corrected chi connectivity index (χ0v) is 12.4. The van der Waals surface area contributed by atoms with Crippen molar-refractivity contribution >= 4 is 5.91 Å². The number of carbonyl (C=O) groups is 1. The van der Waals surface area contributed by atoms with Gasteiger partial charge in [0.15, 0.2) is 0 Å². The van der Waals surface area contributed by atoms with Gasteiger partial charge >= 0.3 is 0 Å². The van der Waals surface area contributed by atoms with Gasteiger partial charge in [0.2, 0.25) is 0 Å². The fraction of sp³-hybridized carbons (Fsp3) is 0.375. The Morgan fingerprint density at radius 2 is 2.23 bits per heavy atom. The molecule has 0 aliphatic carbocycles. The average molecular weight is 303 g/mol. The molecule has 0 saturated carbocycles. The summed E-state index contributed by atoms with van der Waals surface area (Å²) < 4.78 is 20.1. The molecule has 6 heteroatoms. The number of benzene rings is 1. The van der Waals surface area contributed by atoms with Gasteiger partial charge in [0.25, 0.3) is 5.91 Å². The summed E-state index contributed by atoms with van der Waals surface area (Å²) in [5.41, 5.74) is 1.95. The van der Waals surface area contributed by atoms with Crippen molar-refractivity contribution in [2.45, 2.75) is 25.9 Å². The molecule has 1 N–H and O–H groups in total. The maximum Gasteiger partial charge on any atom is 0.254 e. The quantitative estimate of drug-likeness (QED) is 0.942. The summed E-state index contributed by atoms with van der Waals surface area (Å²) in [4.78, 5) is 12.2. The minimum absolute atomic E-state index is 0.108. The number of nitrogens with one attached hydrogen (secondary N) is 1. The number of aromatic nitrogens is 2. The van der Waals surface area contributed by atoms with Crippen molar-refractivity contribution in [1.82, 2.24) is 15.1 Å². The molecule has 1 aliphatic heterocycles. The molecule has 0 spiro atoms. The zero-order chi connectivity index (χ0) is 15.5. The third-order valence-electron chi connectivity index (χ3n) is 3.84. The molecule has 3 rings (SSSR count). The second-order valence-electron chi connectivity index (χ2n) is 5.38. The van der Waals surface area contributed by atoms with Crippen LogP contribution in [0.4, 0.5) is 4.39 Å². The van der Waals surface area contributed by atoms with Crippen molar-refractivity contribution in [3.63, 3.8) is 0 Å². The molecule has 0 radical (unpaired) electrons. The average Bonchev–Trinajstić information content (AvgIpc) is 3.15. The van der Waals surface area contributed by atoms with Crippen molar-refractivity contribution in [1.29, 1.82) is 0 Å². The van der Waals surface area contributed by atoms with Gasteiger partial charge in [-0.1, -0.05) is 0 Å². The fourth-order valence-corrected chi connectivity index (χ4v) is 2.58. The molecule has 1 atom stereocenters. The topological polar surface area (TPSA) is 56.1 Å². The molecular weight excluding hydrogens is 285 g/mol. The van der Waals surface area contributed by atoms with E-state index in [1.54, 1.807) is 16.8 Å². The summed E-state index contributed by atoms with van der Waals surface area (Å²) in [5.74, 6) is -0.468. The number of carbonyl (C=O) groups excluding carboxylic acids is 1. The maximum atomic E-state index is 13.0. The van der Waals surface area contributed by atoms with E-state index in [1.165, 1.54) is 18.3 Å².